The third-order valence-corrected chi connectivity index (χ3v) is 2.90. The number of rotatable bonds is 1. The summed E-state index contributed by atoms with van der Waals surface area (Å²) in [5.74, 6) is -1.47. The van der Waals surface area contributed by atoms with E-state index in [9.17, 15) is 8.78 Å². The number of nitrogens with two attached hydrogens (primary N) is 1. The Morgan fingerprint density at radius 1 is 1.27 bits per heavy atom. The Balaban J connectivity index is 2.24. The Hall–Kier alpha value is -1.00. The molecule has 15 heavy (non-hydrogen) atoms. The van der Waals surface area contributed by atoms with Crippen molar-refractivity contribution in [3.8, 4) is 0 Å². The molecule has 1 aliphatic rings. The molecule has 0 aromatic heterocycles. The zero-order valence-corrected chi connectivity index (χ0v) is 8.34. The molecule has 1 aliphatic heterocycles. The zero-order valence-electron chi connectivity index (χ0n) is 8.34. The van der Waals surface area contributed by atoms with Crippen molar-refractivity contribution in [2.45, 2.75) is 18.4 Å². The minimum atomic E-state index is -0.804. The maximum Gasteiger partial charge on any atom is 0.159 e. The van der Waals surface area contributed by atoms with Crippen LogP contribution in [0.2, 0.25) is 0 Å². The van der Waals surface area contributed by atoms with Crippen LogP contribution in [0.25, 0.3) is 0 Å². The third kappa shape index (κ3) is 2.16. The lowest BCUT2D eigenvalue weighted by Gasteiger charge is -2.29. The Morgan fingerprint density at radius 2 is 2.07 bits per heavy atom. The minimum Gasteiger partial charge on any atom is -0.326 e. The fourth-order valence-corrected chi connectivity index (χ4v) is 2.04. The molecule has 3 N–H and O–H groups in total. The first-order valence-corrected chi connectivity index (χ1v) is 5.09. The van der Waals surface area contributed by atoms with E-state index in [4.69, 9.17) is 5.73 Å². The summed E-state index contributed by atoms with van der Waals surface area (Å²) in [6, 6.07) is 4.02. The monoisotopic (exact) mass is 212 g/mol. The molecule has 2 rings (SSSR count). The molecule has 1 saturated heterocycles. The van der Waals surface area contributed by atoms with Gasteiger partial charge in [-0.05, 0) is 30.7 Å². The summed E-state index contributed by atoms with van der Waals surface area (Å²) in [4.78, 5) is 0. The minimum absolute atomic E-state index is 0.0244. The molecule has 1 aromatic rings. The van der Waals surface area contributed by atoms with Gasteiger partial charge in [0, 0.05) is 18.5 Å². The average Bonchev–Trinajstić information content (AvgIpc) is 2.23. The van der Waals surface area contributed by atoms with Crippen molar-refractivity contribution in [3.05, 3.63) is 35.4 Å². The lowest BCUT2D eigenvalue weighted by Crippen LogP contribution is -2.44. The number of piperidine rings is 1. The summed E-state index contributed by atoms with van der Waals surface area (Å²) in [5, 5.41) is 3.17. The maximum absolute atomic E-state index is 13.0. The Labute approximate surface area is 87.5 Å². The van der Waals surface area contributed by atoms with Crippen LogP contribution >= 0.6 is 0 Å². The summed E-state index contributed by atoms with van der Waals surface area (Å²) in [7, 11) is 0. The van der Waals surface area contributed by atoms with E-state index in [1.807, 2.05) is 0 Å². The van der Waals surface area contributed by atoms with E-state index in [2.05, 4.69) is 5.32 Å². The SMILES string of the molecule is N[C@@H]1CNCC[C@H]1c1ccc(F)c(F)c1. The molecule has 0 radical (unpaired) electrons. The molecule has 1 aromatic carbocycles. The van der Waals surface area contributed by atoms with Gasteiger partial charge in [0.25, 0.3) is 0 Å². The second-order valence-corrected chi connectivity index (χ2v) is 3.94. The van der Waals surface area contributed by atoms with Crippen molar-refractivity contribution < 1.29 is 8.78 Å². The van der Waals surface area contributed by atoms with Gasteiger partial charge in [0.2, 0.25) is 0 Å². The van der Waals surface area contributed by atoms with E-state index in [0.29, 0.717) is 0 Å². The second kappa shape index (κ2) is 4.24. The molecule has 0 amide bonds. The van der Waals surface area contributed by atoms with Crippen LogP contribution in [0.5, 0.6) is 0 Å². The van der Waals surface area contributed by atoms with Gasteiger partial charge in [-0.1, -0.05) is 6.07 Å². The van der Waals surface area contributed by atoms with Crippen LogP contribution in [0.1, 0.15) is 17.9 Å². The summed E-state index contributed by atoms with van der Waals surface area (Å²) in [6.45, 7) is 1.60. The van der Waals surface area contributed by atoms with Crippen LogP contribution in [-0.2, 0) is 0 Å². The molecule has 1 fully saturated rings. The van der Waals surface area contributed by atoms with E-state index < -0.39 is 11.6 Å². The van der Waals surface area contributed by atoms with E-state index in [-0.39, 0.29) is 12.0 Å². The Morgan fingerprint density at radius 3 is 2.73 bits per heavy atom. The van der Waals surface area contributed by atoms with Crippen LogP contribution in [0.4, 0.5) is 8.78 Å². The Bertz CT molecular complexity index is 354. The molecular formula is C11H14F2N2. The highest BCUT2D eigenvalue weighted by Gasteiger charge is 2.23. The van der Waals surface area contributed by atoms with Gasteiger partial charge < -0.3 is 11.1 Å². The lowest BCUT2D eigenvalue weighted by atomic mass is 9.86. The molecule has 2 atom stereocenters. The summed E-state index contributed by atoms with van der Waals surface area (Å²) in [5.41, 5.74) is 6.71. The largest absolute Gasteiger partial charge is 0.326 e. The fraction of sp³-hybridized carbons (Fsp3) is 0.455. The van der Waals surface area contributed by atoms with Crippen molar-refractivity contribution >= 4 is 0 Å². The van der Waals surface area contributed by atoms with Crippen molar-refractivity contribution in [1.29, 1.82) is 0 Å². The first-order valence-electron chi connectivity index (χ1n) is 5.09. The molecule has 0 spiro atoms. The number of nitrogens with one attached hydrogen (secondary N) is 1. The van der Waals surface area contributed by atoms with Crippen molar-refractivity contribution in [2.75, 3.05) is 13.1 Å². The smallest absolute Gasteiger partial charge is 0.159 e. The van der Waals surface area contributed by atoms with Crippen LogP contribution in [0, 0.1) is 11.6 Å². The number of halogens is 2. The van der Waals surface area contributed by atoms with Gasteiger partial charge in [0.05, 0.1) is 0 Å². The number of hydrogen-bond acceptors (Lipinski definition) is 2. The van der Waals surface area contributed by atoms with E-state index >= 15 is 0 Å². The van der Waals surface area contributed by atoms with Crippen molar-refractivity contribution in [2.24, 2.45) is 5.73 Å². The van der Waals surface area contributed by atoms with Crippen molar-refractivity contribution in [3.63, 3.8) is 0 Å². The highest BCUT2D eigenvalue weighted by Crippen LogP contribution is 2.25. The fourth-order valence-electron chi connectivity index (χ4n) is 2.04. The number of hydrogen-bond donors (Lipinski definition) is 2. The van der Waals surface area contributed by atoms with Gasteiger partial charge in [-0.15, -0.1) is 0 Å². The standard InChI is InChI=1S/C11H14F2N2/c12-9-2-1-7(5-10(9)13)8-3-4-15-6-11(8)14/h1-2,5,8,11,15H,3-4,6,14H2/t8-,11+/m0/s1. The van der Waals surface area contributed by atoms with E-state index in [1.165, 1.54) is 12.1 Å². The summed E-state index contributed by atoms with van der Waals surface area (Å²) < 4.78 is 25.8. The third-order valence-electron chi connectivity index (χ3n) is 2.90. The molecule has 0 aliphatic carbocycles. The van der Waals surface area contributed by atoms with E-state index in [0.717, 1.165) is 25.1 Å². The molecule has 0 bridgehead atoms. The van der Waals surface area contributed by atoms with Crippen LogP contribution < -0.4 is 11.1 Å². The molecule has 1 heterocycles. The quantitative estimate of drug-likeness (QED) is 0.737. The van der Waals surface area contributed by atoms with Crippen LogP contribution in [-0.4, -0.2) is 19.1 Å². The molecule has 0 saturated carbocycles. The van der Waals surface area contributed by atoms with Gasteiger partial charge in [-0.3, -0.25) is 0 Å². The maximum atomic E-state index is 13.0. The Kier molecular flexibility index (Phi) is 2.98. The zero-order chi connectivity index (χ0) is 10.8. The van der Waals surface area contributed by atoms with Gasteiger partial charge in [-0.25, -0.2) is 8.78 Å². The number of benzene rings is 1. The second-order valence-electron chi connectivity index (χ2n) is 3.94. The van der Waals surface area contributed by atoms with Crippen LogP contribution in [0.15, 0.2) is 18.2 Å². The first-order chi connectivity index (χ1) is 7.18. The van der Waals surface area contributed by atoms with Gasteiger partial charge >= 0.3 is 0 Å². The molecule has 82 valence electrons. The van der Waals surface area contributed by atoms with Gasteiger partial charge in [-0.2, -0.15) is 0 Å². The summed E-state index contributed by atoms with van der Waals surface area (Å²) in [6.07, 6.45) is 0.867. The predicted octanol–water partition coefficient (Wildman–Crippen LogP) is 1.37. The molecule has 0 unspecified atom stereocenters. The van der Waals surface area contributed by atoms with Crippen molar-refractivity contribution in [1.82, 2.24) is 5.32 Å². The topological polar surface area (TPSA) is 38.0 Å². The highest BCUT2D eigenvalue weighted by molar-refractivity contribution is 5.24. The molecular weight excluding hydrogens is 198 g/mol. The molecule has 4 heteroatoms. The first kappa shape index (κ1) is 10.5. The van der Waals surface area contributed by atoms with Gasteiger partial charge in [0.15, 0.2) is 11.6 Å². The van der Waals surface area contributed by atoms with Gasteiger partial charge in [0.1, 0.15) is 0 Å². The average molecular weight is 212 g/mol. The van der Waals surface area contributed by atoms with E-state index in [1.54, 1.807) is 6.07 Å². The molecule has 2 nitrogen and oxygen atoms in total. The van der Waals surface area contributed by atoms with Crippen LogP contribution in [0.3, 0.4) is 0 Å². The predicted molar refractivity (Wildman–Crippen MR) is 54.6 cm³/mol. The summed E-state index contributed by atoms with van der Waals surface area (Å²) >= 11 is 0. The normalized spacial score (nSPS) is 26.6. The lowest BCUT2D eigenvalue weighted by molar-refractivity contribution is 0.400. The highest BCUT2D eigenvalue weighted by atomic mass is 19.2.